The van der Waals surface area contributed by atoms with Crippen molar-refractivity contribution >= 4 is 0 Å². The number of hydrogen-bond donors (Lipinski definition) is 1. The summed E-state index contributed by atoms with van der Waals surface area (Å²) in [5, 5.41) is 0. The van der Waals surface area contributed by atoms with Gasteiger partial charge in [0.2, 0.25) is 0 Å². The quantitative estimate of drug-likeness (QED) is 0.453. The zero-order valence-electron chi connectivity index (χ0n) is 18.0. The molecule has 3 aromatic carbocycles. The highest BCUT2D eigenvalue weighted by molar-refractivity contribution is 5.64. The molecule has 0 bridgehead atoms. The third-order valence-electron chi connectivity index (χ3n) is 5.74. The maximum Gasteiger partial charge on any atom is 0.142 e. The van der Waals surface area contributed by atoms with Gasteiger partial charge in [0.15, 0.2) is 0 Å². The predicted octanol–water partition coefficient (Wildman–Crippen LogP) is 5.00. The zero-order valence-corrected chi connectivity index (χ0v) is 18.0. The molecule has 0 radical (unpaired) electrons. The lowest BCUT2D eigenvalue weighted by Gasteiger charge is -2.26. The van der Waals surface area contributed by atoms with E-state index in [0.29, 0.717) is 6.73 Å². The molecule has 0 unspecified atom stereocenters. The summed E-state index contributed by atoms with van der Waals surface area (Å²) in [6.45, 7) is 4.03. The molecule has 4 aromatic rings. The summed E-state index contributed by atoms with van der Waals surface area (Å²) in [4.78, 5) is 10.2. The van der Waals surface area contributed by atoms with Gasteiger partial charge < -0.3 is 14.5 Å². The first kappa shape index (κ1) is 20.5. The standard InChI is InChI=1S/C27H27N3O2/c1-2-4-24(5-3-1)26-19-28-27(29-26)18-21-6-8-22(9-7-21)23-10-12-25(13-11-23)32-20-30-14-16-31-17-15-30/h1-13,19H,14-18,20H2,(H,28,29). The average molecular weight is 426 g/mol. The number of rotatable bonds is 7. The number of imidazole rings is 1. The van der Waals surface area contributed by atoms with E-state index in [-0.39, 0.29) is 0 Å². The molecule has 5 rings (SSSR count). The normalized spacial score (nSPS) is 14.4. The van der Waals surface area contributed by atoms with Gasteiger partial charge in [0.1, 0.15) is 18.3 Å². The second-order valence-corrected chi connectivity index (χ2v) is 8.01. The largest absolute Gasteiger partial charge is 0.478 e. The highest BCUT2D eigenvalue weighted by atomic mass is 16.5. The molecule has 32 heavy (non-hydrogen) atoms. The van der Waals surface area contributed by atoms with Crippen molar-refractivity contribution in [2.45, 2.75) is 6.42 Å². The van der Waals surface area contributed by atoms with Gasteiger partial charge in [0.05, 0.1) is 25.1 Å². The second-order valence-electron chi connectivity index (χ2n) is 8.01. The SMILES string of the molecule is c1ccc(-c2cnc(Cc3ccc(-c4ccc(OCN5CCOCC5)cc4)cc3)[nH]2)cc1. The van der Waals surface area contributed by atoms with Crippen LogP contribution in [0.5, 0.6) is 5.75 Å². The fourth-order valence-electron chi connectivity index (χ4n) is 3.86. The van der Waals surface area contributed by atoms with Crippen LogP contribution in [0, 0.1) is 0 Å². The lowest BCUT2D eigenvalue weighted by atomic mass is 10.0. The van der Waals surface area contributed by atoms with Gasteiger partial charge in [-0.15, -0.1) is 0 Å². The first-order chi connectivity index (χ1) is 15.8. The van der Waals surface area contributed by atoms with E-state index in [4.69, 9.17) is 9.47 Å². The molecule has 162 valence electrons. The van der Waals surface area contributed by atoms with Gasteiger partial charge in [-0.25, -0.2) is 4.98 Å². The lowest BCUT2D eigenvalue weighted by molar-refractivity contribution is 0.00408. The topological polar surface area (TPSA) is 50.4 Å². The van der Waals surface area contributed by atoms with E-state index in [1.165, 1.54) is 16.7 Å². The third kappa shape index (κ3) is 5.07. The fourth-order valence-corrected chi connectivity index (χ4v) is 3.86. The van der Waals surface area contributed by atoms with Crippen LogP contribution in [0.15, 0.2) is 85.1 Å². The number of morpholine rings is 1. The van der Waals surface area contributed by atoms with Crippen LogP contribution in [0.4, 0.5) is 0 Å². The smallest absolute Gasteiger partial charge is 0.142 e. The Balaban J connectivity index is 1.19. The minimum Gasteiger partial charge on any atom is -0.478 e. The first-order valence-corrected chi connectivity index (χ1v) is 11.0. The maximum atomic E-state index is 5.92. The Hall–Kier alpha value is -3.41. The third-order valence-corrected chi connectivity index (χ3v) is 5.74. The van der Waals surface area contributed by atoms with Crippen LogP contribution in [0.2, 0.25) is 0 Å². The number of aromatic amines is 1. The summed E-state index contributed by atoms with van der Waals surface area (Å²) in [6.07, 6.45) is 2.68. The summed E-state index contributed by atoms with van der Waals surface area (Å²) in [6, 6.07) is 27.3. The van der Waals surface area contributed by atoms with Gasteiger partial charge >= 0.3 is 0 Å². The summed E-state index contributed by atoms with van der Waals surface area (Å²) >= 11 is 0. The Kier molecular flexibility index (Phi) is 6.28. The van der Waals surface area contributed by atoms with Crippen molar-refractivity contribution in [3.05, 3.63) is 96.4 Å². The number of nitrogens with one attached hydrogen (secondary N) is 1. The zero-order chi connectivity index (χ0) is 21.6. The molecule has 1 N–H and O–H groups in total. The molecule has 0 amide bonds. The molecule has 0 atom stereocenters. The Bertz CT molecular complexity index is 1120. The number of H-pyrrole nitrogens is 1. The van der Waals surface area contributed by atoms with E-state index in [9.17, 15) is 0 Å². The maximum absolute atomic E-state index is 5.92. The van der Waals surface area contributed by atoms with Gasteiger partial charge in [0, 0.05) is 19.5 Å². The minimum absolute atomic E-state index is 0.607. The predicted molar refractivity (Wildman–Crippen MR) is 127 cm³/mol. The van der Waals surface area contributed by atoms with Gasteiger partial charge in [-0.3, -0.25) is 4.90 Å². The molecule has 1 aliphatic rings. The van der Waals surface area contributed by atoms with E-state index >= 15 is 0 Å². The molecule has 0 aliphatic carbocycles. The molecule has 1 saturated heterocycles. The van der Waals surface area contributed by atoms with Crippen molar-refractivity contribution in [1.29, 1.82) is 0 Å². The number of aromatic nitrogens is 2. The van der Waals surface area contributed by atoms with Crippen molar-refractivity contribution in [2.24, 2.45) is 0 Å². The van der Waals surface area contributed by atoms with Crippen LogP contribution < -0.4 is 4.74 Å². The highest BCUT2D eigenvalue weighted by Crippen LogP contribution is 2.24. The fraction of sp³-hybridized carbons (Fsp3) is 0.222. The van der Waals surface area contributed by atoms with Crippen molar-refractivity contribution < 1.29 is 9.47 Å². The molecule has 1 aliphatic heterocycles. The minimum atomic E-state index is 0.607. The van der Waals surface area contributed by atoms with Crippen LogP contribution in [0.3, 0.4) is 0 Å². The Morgan fingerprint density at radius 3 is 2.22 bits per heavy atom. The van der Waals surface area contributed by atoms with Crippen LogP contribution in [0.1, 0.15) is 11.4 Å². The van der Waals surface area contributed by atoms with E-state index in [2.05, 4.69) is 63.4 Å². The van der Waals surface area contributed by atoms with Crippen LogP contribution in [-0.2, 0) is 11.2 Å². The average Bonchev–Trinajstić information content (AvgIpc) is 3.33. The Morgan fingerprint density at radius 2 is 1.50 bits per heavy atom. The number of ether oxygens (including phenoxy) is 2. The molecular formula is C27H27N3O2. The highest BCUT2D eigenvalue weighted by Gasteiger charge is 2.10. The molecular weight excluding hydrogens is 398 g/mol. The van der Waals surface area contributed by atoms with E-state index in [1.807, 2.05) is 36.5 Å². The van der Waals surface area contributed by atoms with Crippen molar-refractivity contribution in [3.63, 3.8) is 0 Å². The number of nitrogens with zero attached hydrogens (tertiary/aromatic N) is 2. The van der Waals surface area contributed by atoms with E-state index in [0.717, 1.165) is 55.6 Å². The molecule has 0 saturated carbocycles. The Labute approximate surface area is 188 Å². The number of hydrogen-bond acceptors (Lipinski definition) is 4. The van der Waals surface area contributed by atoms with Crippen LogP contribution in [0.25, 0.3) is 22.4 Å². The number of benzene rings is 3. The molecule has 2 heterocycles. The molecule has 1 fully saturated rings. The van der Waals surface area contributed by atoms with Gasteiger partial charge in [-0.1, -0.05) is 66.7 Å². The van der Waals surface area contributed by atoms with Crippen LogP contribution >= 0.6 is 0 Å². The van der Waals surface area contributed by atoms with Crippen LogP contribution in [-0.4, -0.2) is 47.9 Å². The second kappa shape index (κ2) is 9.81. The van der Waals surface area contributed by atoms with Crippen molar-refractivity contribution in [3.8, 4) is 28.1 Å². The summed E-state index contributed by atoms with van der Waals surface area (Å²) < 4.78 is 11.3. The van der Waals surface area contributed by atoms with E-state index in [1.54, 1.807) is 0 Å². The Morgan fingerprint density at radius 1 is 0.812 bits per heavy atom. The molecule has 0 spiro atoms. The first-order valence-electron chi connectivity index (χ1n) is 11.0. The monoisotopic (exact) mass is 425 g/mol. The van der Waals surface area contributed by atoms with Crippen molar-refractivity contribution in [2.75, 3.05) is 33.0 Å². The van der Waals surface area contributed by atoms with Gasteiger partial charge in [-0.2, -0.15) is 0 Å². The summed E-state index contributed by atoms with van der Waals surface area (Å²) in [5.74, 6) is 1.86. The molecule has 1 aromatic heterocycles. The summed E-state index contributed by atoms with van der Waals surface area (Å²) in [5.41, 5.74) is 5.80. The summed E-state index contributed by atoms with van der Waals surface area (Å²) in [7, 11) is 0. The van der Waals surface area contributed by atoms with E-state index < -0.39 is 0 Å². The lowest BCUT2D eigenvalue weighted by Crippen LogP contribution is -2.38. The van der Waals surface area contributed by atoms with Crippen molar-refractivity contribution in [1.82, 2.24) is 14.9 Å². The van der Waals surface area contributed by atoms with Gasteiger partial charge in [-0.05, 0) is 34.4 Å². The molecule has 5 heteroatoms. The molecule has 5 nitrogen and oxygen atoms in total. The van der Waals surface area contributed by atoms with Gasteiger partial charge in [0.25, 0.3) is 0 Å².